The predicted octanol–water partition coefficient (Wildman–Crippen LogP) is 4.12. The number of ketones is 1. The monoisotopic (exact) mass is 363 g/mol. The van der Waals surface area contributed by atoms with Gasteiger partial charge in [0, 0.05) is 23.7 Å². The van der Waals surface area contributed by atoms with E-state index in [2.05, 4.69) is 15.9 Å². The van der Waals surface area contributed by atoms with Gasteiger partial charge in [0.25, 0.3) is 0 Å². The van der Waals surface area contributed by atoms with E-state index < -0.39 is 0 Å². The highest BCUT2D eigenvalue weighted by Crippen LogP contribution is 2.33. The van der Waals surface area contributed by atoms with Gasteiger partial charge in [0.05, 0.1) is 4.83 Å². The van der Waals surface area contributed by atoms with Gasteiger partial charge in [-0.1, -0.05) is 35.2 Å². The molecule has 1 aromatic rings. The summed E-state index contributed by atoms with van der Waals surface area (Å²) in [5, 5.41) is 0. The predicted molar refractivity (Wildman–Crippen MR) is 91.8 cm³/mol. The molecule has 1 fully saturated rings. The lowest BCUT2D eigenvalue weighted by molar-refractivity contribution is -0.123. The molecule has 0 N–H and O–H groups in total. The standard InChI is InChI=1S/C18H22BrNO2/c1-12(19)17(21)15-7-8-16-14(11-15)9-10-20(16)18(22)13-5-3-2-4-6-13/h7-8,11-13H,2-6,9-10H2,1H3. The Balaban J connectivity index is 1.80. The molecule has 3 rings (SSSR count). The molecule has 1 aliphatic carbocycles. The molecule has 4 heteroatoms. The van der Waals surface area contributed by atoms with Crippen LogP contribution in [0, 0.1) is 5.92 Å². The van der Waals surface area contributed by atoms with Crippen LogP contribution in [0.3, 0.4) is 0 Å². The van der Waals surface area contributed by atoms with E-state index in [0.29, 0.717) is 0 Å². The minimum absolute atomic E-state index is 0.0971. The number of carbonyl (C=O) groups is 2. The Bertz CT molecular complexity index is 591. The average Bonchev–Trinajstić information content (AvgIpc) is 2.97. The lowest BCUT2D eigenvalue weighted by Crippen LogP contribution is -2.35. The van der Waals surface area contributed by atoms with Gasteiger partial charge in [-0.25, -0.2) is 0 Å². The summed E-state index contributed by atoms with van der Waals surface area (Å²) in [7, 11) is 0. The number of benzene rings is 1. The third-order valence-electron chi connectivity index (χ3n) is 4.84. The number of Topliss-reactive ketones (excluding diaryl/α,β-unsaturated/α-hetero) is 1. The largest absolute Gasteiger partial charge is 0.312 e. The van der Waals surface area contributed by atoms with Crippen LogP contribution in [-0.2, 0) is 11.2 Å². The summed E-state index contributed by atoms with van der Waals surface area (Å²) >= 11 is 3.33. The summed E-state index contributed by atoms with van der Waals surface area (Å²) in [4.78, 5) is 26.6. The fourth-order valence-electron chi connectivity index (χ4n) is 3.58. The Morgan fingerprint density at radius 1 is 1.23 bits per heavy atom. The molecule has 1 aliphatic heterocycles. The van der Waals surface area contributed by atoms with Gasteiger partial charge >= 0.3 is 0 Å². The van der Waals surface area contributed by atoms with Gasteiger partial charge in [0.2, 0.25) is 5.91 Å². The first-order chi connectivity index (χ1) is 10.6. The number of halogens is 1. The maximum absolute atomic E-state index is 12.7. The number of hydrogen-bond acceptors (Lipinski definition) is 2. The number of hydrogen-bond donors (Lipinski definition) is 0. The van der Waals surface area contributed by atoms with E-state index in [-0.39, 0.29) is 22.4 Å². The minimum atomic E-state index is -0.174. The van der Waals surface area contributed by atoms with Crippen LogP contribution in [0.5, 0.6) is 0 Å². The normalized spacial score (nSPS) is 19.8. The first-order valence-electron chi connectivity index (χ1n) is 8.20. The lowest BCUT2D eigenvalue weighted by atomic mass is 9.88. The number of carbonyl (C=O) groups excluding carboxylic acids is 2. The van der Waals surface area contributed by atoms with E-state index in [0.717, 1.165) is 42.6 Å². The highest BCUT2D eigenvalue weighted by Gasteiger charge is 2.31. The van der Waals surface area contributed by atoms with Crippen molar-refractivity contribution in [3.8, 4) is 0 Å². The third kappa shape index (κ3) is 2.98. The molecule has 0 radical (unpaired) electrons. The SMILES string of the molecule is CC(Br)C(=O)c1ccc2c(c1)CCN2C(=O)C1CCCCC1. The second kappa shape index (κ2) is 6.53. The van der Waals surface area contributed by atoms with Crippen molar-refractivity contribution < 1.29 is 9.59 Å². The van der Waals surface area contributed by atoms with Crippen molar-refractivity contribution >= 4 is 33.3 Å². The Morgan fingerprint density at radius 3 is 2.64 bits per heavy atom. The molecule has 118 valence electrons. The molecule has 22 heavy (non-hydrogen) atoms. The minimum Gasteiger partial charge on any atom is -0.312 e. The second-order valence-electron chi connectivity index (χ2n) is 6.40. The molecule has 0 aromatic heterocycles. The first-order valence-corrected chi connectivity index (χ1v) is 9.12. The van der Waals surface area contributed by atoms with E-state index in [4.69, 9.17) is 0 Å². The molecule has 0 bridgehead atoms. The van der Waals surface area contributed by atoms with Gasteiger partial charge < -0.3 is 4.90 Å². The number of fused-ring (bicyclic) bond motifs is 1. The van der Waals surface area contributed by atoms with E-state index in [1.165, 1.54) is 19.3 Å². The maximum Gasteiger partial charge on any atom is 0.230 e. The van der Waals surface area contributed by atoms with Gasteiger partial charge in [0.15, 0.2) is 5.78 Å². The summed E-state index contributed by atoms with van der Waals surface area (Å²) in [5.74, 6) is 0.579. The van der Waals surface area contributed by atoms with Crippen LogP contribution in [0.1, 0.15) is 54.9 Å². The smallest absolute Gasteiger partial charge is 0.230 e. The molecule has 1 unspecified atom stereocenters. The van der Waals surface area contributed by atoms with Gasteiger partial charge in [0.1, 0.15) is 0 Å². The van der Waals surface area contributed by atoms with Crippen molar-refractivity contribution in [3.05, 3.63) is 29.3 Å². The quantitative estimate of drug-likeness (QED) is 0.598. The zero-order valence-corrected chi connectivity index (χ0v) is 14.6. The molecule has 1 saturated carbocycles. The van der Waals surface area contributed by atoms with Crippen LogP contribution in [0.25, 0.3) is 0 Å². The van der Waals surface area contributed by atoms with Gasteiger partial charge in [-0.05, 0) is 49.9 Å². The van der Waals surface area contributed by atoms with E-state index in [1.54, 1.807) is 0 Å². The van der Waals surface area contributed by atoms with Crippen LogP contribution in [0.15, 0.2) is 18.2 Å². The van der Waals surface area contributed by atoms with Crippen molar-refractivity contribution in [2.24, 2.45) is 5.92 Å². The van der Waals surface area contributed by atoms with Crippen molar-refractivity contribution in [1.82, 2.24) is 0 Å². The number of amides is 1. The van der Waals surface area contributed by atoms with Crippen molar-refractivity contribution in [3.63, 3.8) is 0 Å². The number of rotatable bonds is 3. The summed E-state index contributed by atoms with van der Waals surface area (Å²) in [6, 6.07) is 5.76. The molecular weight excluding hydrogens is 342 g/mol. The molecule has 0 spiro atoms. The van der Waals surface area contributed by atoms with Crippen LogP contribution >= 0.6 is 15.9 Å². The summed E-state index contributed by atoms with van der Waals surface area (Å²) in [6.07, 6.45) is 6.52. The Labute approximate surface area is 140 Å². The fraction of sp³-hybridized carbons (Fsp3) is 0.556. The lowest BCUT2D eigenvalue weighted by Gasteiger charge is -2.26. The van der Waals surface area contributed by atoms with Gasteiger partial charge in [-0.15, -0.1) is 0 Å². The first kappa shape index (κ1) is 15.7. The number of anilines is 1. The Morgan fingerprint density at radius 2 is 1.95 bits per heavy atom. The molecule has 1 aromatic carbocycles. The van der Waals surface area contributed by atoms with Crippen LogP contribution in [0.2, 0.25) is 0 Å². The highest BCUT2D eigenvalue weighted by atomic mass is 79.9. The van der Waals surface area contributed by atoms with Crippen molar-refractivity contribution in [2.75, 3.05) is 11.4 Å². The molecular formula is C18H22BrNO2. The molecule has 0 saturated heterocycles. The zero-order valence-electron chi connectivity index (χ0n) is 13.0. The molecule has 1 heterocycles. The van der Waals surface area contributed by atoms with E-state index in [1.807, 2.05) is 30.0 Å². The number of alkyl halides is 1. The molecule has 1 atom stereocenters. The Hall–Kier alpha value is -1.16. The van der Waals surface area contributed by atoms with E-state index >= 15 is 0 Å². The topological polar surface area (TPSA) is 37.4 Å². The second-order valence-corrected chi connectivity index (χ2v) is 7.77. The fourth-order valence-corrected chi connectivity index (χ4v) is 3.85. The van der Waals surface area contributed by atoms with Crippen molar-refractivity contribution in [1.29, 1.82) is 0 Å². The molecule has 3 nitrogen and oxygen atoms in total. The molecule has 2 aliphatic rings. The zero-order chi connectivity index (χ0) is 15.7. The Kier molecular flexibility index (Phi) is 4.67. The van der Waals surface area contributed by atoms with Gasteiger partial charge in [-0.3, -0.25) is 9.59 Å². The van der Waals surface area contributed by atoms with Gasteiger partial charge in [-0.2, -0.15) is 0 Å². The van der Waals surface area contributed by atoms with Crippen LogP contribution < -0.4 is 4.90 Å². The molecule has 1 amide bonds. The maximum atomic E-state index is 12.7. The highest BCUT2D eigenvalue weighted by molar-refractivity contribution is 9.10. The summed E-state index contributed by atoms with van der Waals surface area (Å²) in [6.45, 7) is 2.60. The van der Waals surface area contributed by atoms with Crippen LogP contribution in [-0.4, -0.2) is 23.1 Å². The van der Waals surface area contributed by atoms with E-state index in [9.17, 15) is 9.59 Å². The van der Waals surface area contributed by atoms with Crippen molar-refractivity contribution in [2.45, 2.75) is 50.3 Å². The number of nitrogens with zero attached hydrogens (tertiary/aromatic N) is 1. The summed E-state index contributed by atoms with van der Waals surface area (Å²) < 4.78 is 0. The van der Waals surface area contributed by atoms with Crippen LogP contribution in [0.4, 0.5) is 5.69 Å². The third-order valence-corrected chi connectivity index (χ3v) is 5.26. The summed E-state index contributed by atoms with van der Waals surface area (Å²) in [5.41, 5.74) is 2.87. The average molecular weight is 364 g/mol.